The third-order valence-electron chi connectivity index (χ3n) is 2.79. The first-order valence-electron chi connectivity index (χ1n) is 7.21. The Hall–Kier alpha value is -1.96. The summed E-state index contributed by atoms with van der Waals surface area (Å²) in [6, 6.07) is 0. The van der Waals surface area contributed by atoms with Gasteiger partial charge in [0.25, 0.3) is 0 Å². The summed E-state index contributed by atoms with van der Waals surface area (Å²) in [5, 5.41) is 33.8. The molecule has 0 radical (unpaired) electrons. The predicted octanol–water partition coefficient (Wildman–Crippen LogP) is 1.86. The maximum atomic E-state index is 9.60. The Kier molecular flexibility index (Phi) is 17.8. The van der Waals surface area contributed by atoms with Gasteiger partial charge in [0, 0.05) is 16.6 Å². The number of carbonyl (C=O) groups is 2. The largest absolute Gasteiger partial charge is 0.478 e. The van der Waals surface area contributed by atoms with Crippen LogP contribution in [0.5, 0.6) is 0 Å². The molecular formula is C17H30O7. The lowest BCUT2D eigenvalue weighted by Crippen LogP contribution is -2.34. The van der Waals surface area contributed by atoms with Crippen LogP contribution >= 0.6 is 0 Å². The van der Waals surface area contributed by atoms with Crippen molar-refractivity contribution in [2.24, 2.45) is 5.41 Å². The first-order valence-corrected chi connectivity index (χ1v) is 7.21. The van der Waals surface area contributed by atoms with E-state index in [4.69, 9.17) is 25.2 Å². The summed E-state index contributed by atoms with van der Waals surface area (Å²) < 4.78 is 5.18. The summed E-state index contributed by atoms with van der Waals surface area (Å²) in [7, 11) is 0. The summed E-state index contributed by atoms with van der Waals surface area (Å²) >= 11 is 0. The zero-order valence-corrected chi connectivity index (χ0v) is 14.7. The Bertz CT molecular complexity index is 353. The third-order valence-corrected chi connectivity index (χ3v) is 2.79. The van der Waals surface area contributed by atoms with Crippen molar-refractivity contribution in [3.8, 4) is 0 Å². The molecule has 0 aromatic rings. The minimum absolute atomic E-state index is 0.0445. The molecule has 0 saturated heterocycles. The molecule has 7 heteroatoms. The first-order chi connectivity index (χ1) is 11.0. The van der Waals surface area contributed by atoms with E-state index in [1.807, 2.05) is 6.92 Å². The predicted molar refractivity (Wildman–Crippen MR) is 92.8 cm³/mol. The van der Waals surface area contributed by atoms with E-state index in [-0.39, 0.29) is 24.4 Å². The molecule has 0 unspecified atom stereocenters. The maximum absolute atomic E-state index is 9.60. The topological polar surface area (TPSA) is 124 Å². The van der Waals surface area contributed by atoms with Crippen LogP contribution in [-0.2, 0) is 14.3 Å². The van der Waals surface area contributed by atoms with Gasteiger partial charge >= 0.3 is 11.9 Å². The number of carboxylic acid groups (broad SMARTS) is 2. The molecule has 0 fully saturated rings. The Balaban J connectivity index is -0.000000309. The van der Waals surface area contributed by atoms with Gasteiger partial charge in [-0.3, -0.25) is 0 Å². The fraction of sp³-hybridized carbons (Fsp3) is 0.529. The van der Waals surface area contributed by atoms with E-state index < -0.39 is 17.4 Å². The Labute approximate surface area is 143 Å². The average molecular weight is 346 g/mol. The third kappa shape index (κ3) is 16.4. The lowest BCUT2D eigenvalue weighted by Gasteiger charge is -2.27. The number of aliphatic hydroxyl groups is 2. The second-order valence-corrected chi connectivity index (χ2v) is 5.14. The van der Waals surface area contributed by atoms with Gasteiger partial charge in [0.05, 0.1) is 26.4 Å². The molecule has 0 saturated carbocycles. The highest BCUT2D eigenvalue weighted by molar-refractivity contribution is 5.85. The molecule has 7 nitrogen and oxygen atoms in total. The quantitative estimate of drug-likeness (QED) is 0.285. The second-order valence-electron chi connectivity index (χ2n) is 5.14. The van der Waals surface area contributed by atoms with E-state index in [1.165, 1.54) is 13.8 Å². The summed E-state index contributed by atoms with van der Waals surface area (Å²) in [5.41, 5.74) is -0.131. The van der Waals surface area contributed by atoms with E-state index in [9.17, 15) is 9.59 Å². The zero-order valence-electron chi connectivity index (χ0n) is 14.7. The highest BCUT2D eigenvalue weighted by Crippen LogP contribution is 2.20. The van der Waals surface area contributed by atoms with Crippen molar-refractivity contribution in [2.75, 3.05) is 26.4 Å². The van der Waals surface area contributed by atoms with Crippen LogP contribution in [0.15, 0.2) is 37.0 Å². The molecule has 0 aliphatic rings. The summed E-state index contributed by atoms with van der Waals surface area (Å²) in [6.45, 7) is 15.4. The highest BCUT2D eigenvalue weighted by Gasteiger charge is 2.26. The van der Waals surface area contributed by atoms with Crippen LogP contribution in [0.4, 0.5) is 0 Å². The van der Waals surface area contributed by atoms with Crippen molar-refractivity contribution >= 4 is 11.9 Å². The number of aliphatic hydroxyl groups excluding tert-OH is 2. The van der Waals surface area contributed by atoms with E-state index in [1.54, 1.807) is 6.08 Å². The number of hydrogen-bond acceptors (Lipinski definition) is 5. The fourth-order valence-electron chi connectivity index (χ4n) is 0.826. The number of hydrogen-bond donors (Lipinski definition) is 4. The van der Waals surface area contributed by atoms with Crippen molar-refractivity contribution in [3.05, 3.63) is 37.0 Å². The molecular weight excluding hydrogens is 316 g/mol. The Morgan fingerprint density at radius 1 is 1.04 bits per heavy atom. The number of ether oxygens (including phenoxy) is 1. The minimum atomic E-state index is -0.935. The van der Waals surface area contributed by atoms with Gasteiger partial charge in [0.15, 0.2) is 0 Å². The molecule has 0 aromatic heterocycles. The van der Waals surface area contributed by atoms with Gasteiger partial charge in [0.1, 0.15) is 0 Å². The highest BCUT2D eigenvalue weighted by atomic mass is 16.5. The van der Waals surface area contributed by atoms with Crippen molar-refractivity contribution in [3.63, 3.8) is 0 Å². The average Bonchev–Trinajstić information content (AvgIpc) is 2.53. The smallest absolute Gasteiger partial charge is 0.330 e. The van der Waals surface area contributed by atoms with Gasteiger partial charge in [-0.25, -0.2) is 9.59 Å². The molecule has 0 heterocycles. The number of rotatable bonds is 9. The van der Waals surface area contributed by atoms with Crippen molar-refractivity contribution in [2.45, 2.75) is 27.2 Å². The van der Waals surface area contributed by atoms with Crippen molar-refractivity contribution < 1.29 is 34.8 Å². The molecule has 0 aliphatic heterocycles. The SMILES string of the molecule is C=C(C)C(=O)O.C=C(C)C(=O)O.C=CCOCC(CC)(CO)CO. The zero-order chi connectivity index (χ0) is 19.8. The fourth-order valence-corrected chi connectivity index (χ4v) is 0.826. The molecule has 0 rings (SSSR count). The molecule has 24 heavy (non-hydrogen) atoms. The summed E-state index contributed by atoms with van der Waals surface area (Å²) in [6.07, 6.45) is 2.35. The minimum Gasteiger partial charge on any atom is -0.478 e. The van der Waals surface area contributed by atoms with Crippen LogP contribution < -0.4 is 0 Å². The van der Waals surface area contributed by atoms with Gasteiger partial charge in [-0.2, -0.15) is 0 Å². The normalized spacial score (nSPS) is 9.54. The first kappa shape index (κ1) is 26.9. The molecule has 140 valence electrons. The molecule has 0 bridgehead atoms. The molecule has 0 amide bonds. The Morgan fingerprint density at radius 3 is 1.54 bits per heavy atom. The monoisotopic (exact) mass is 346 g/mol. The maximum Gasteiger partial charge on any atom is 0.330 e. The van der Waals surface area contributed by atoms with Crippen LogP contribution in [0.1, 0.15) is 27.2 Å². The molecule has 0 atom stereocenters. The van der Waals surface area contributed by atoms with Crippen LogP contribution in [0.3, 0.4) is 0 Å². The van der Waals surface area contributed by atoms with Gasteiger partial charge in [-0.15, -0.1) is 6.58 Å². The van der Waals surface area contributed by atoms with Gasteiger partial charge in [-0.1, -0.05) is 26.2 Å². The number of carboxylic acids is 2. The van der Waals surface area contributed by atoms with Crippen molar-refractivity contribution in [1.29, 1.82) is 0 Å². The van der Waals surface area contributed by atoms with Crippen molar-refractivity contribution in [1.82, 2.24) is 0 Å². The van der Waals surface area contributed by atoms with Gasteiger partial charge < -0.3 is 25.2 Å². The summed E-state index contributed by atoms with van der Waals surface area (Å²) in [5.74, 6) is -1.87. The lowest BCUT2D eigenvalue weighted by atomic mass is 9.88. The van der Waals surface area contributed by atoms with Crippen LogP contribution in [-0.4, -0.2) is 58.8 Å². The molecule has 0 aromatic carbocycles. The molecule has 0 aliphatic carbocycles. The van der Waals surface area contributed by atoms with Gasteiger partial charge in [-0.05, 0) is 20.3 Å². The summed E-state index contributed by atoms with van der Waals surface area (Å²) in [4.78, 5) is 19.2. The van der Waals surface area contributed by atoms with E-state index >= 15 is 0 Å². The second kappa shape index (κ2) is 15.9. The lowest BCUT2D eigenvalue weighted by molar-refractivity contribution is -0.133. The van der Waals surface area contributed by atoms with E-state index in [2.05, 4.69) is 19.7 Å². The van der Waals surface area contributed by atoms with E-state index in [0.717, 1.165) is 0 Å². The van der Waals surface area contributed by atoms with Crippen LogP contribution in [0, 0.1) is 5.41 Å². The molecule has 4 N–H and O–H groups in total. The van der Waals surface area contributed by atoms with Crippen LogP contribution in [0.2, 0.25) is 0 Å². The van der Waals surface area contributed by atoms with E-state index in [0.29, 0.717) is 19.6 Å². The van der Waals surface area contributed by atoms with Crippen LogP contribution in [0.25, 0.3) is 0 Å². The Morgan fingerprint density at radius 2 is 1.38 bits per heavy atom. The number of aliphatic carboxylic acids is 2. The van der Waals surface area contributed by atoms with Gasteiger partial charge in [0.2, 0.25) is 0 Å². The standard InChI is InChI=1S/C9H18O3.2C4H6O2/c1-3-5-12-8-9(4-2,6-10)7-11;2*1-3(2)4(5)6/h3,10-11H,1,4-8H2,2H3;2*1H2,2H3,(H,5,6). The molecule has 0 spiro atoms.